The molecule has 0 aliphatic carbocycles. The molecule has 0 saturated carbocycles. The second kappa shape index (κ2) is 5.49. The largest absolute Gasteiger partial charge is 0.326 e. The Hall–Kier alpha value is -2.10. The Morgan fingerprint density at radius 3 is 2.89 bits per heavy atom. The van der Waals surface area contributed by atoms with Gasteiger partial charge in [0.1, 0.15) is 0 Å². The van der Waals surface area contributed by atoms with Crippen LogP contribution in [0.1, 0.15) is 25.5 Å². The molecule has 1 amide bonds. The number of aromatic nitrogens is 2. The zero-order valence-corrected chi connectivity index (χ0v) is 10.7. The minimum Gasteiger partial charge on any atom is -0.326 e. The summed E-state index contributed by atoms with van der Waals surface area (Å²) in [5, 5.41) is 10.00. The summed E-state index contributed by atoms with van der Waals surface area (Å²) in [4.78, 5) is 11.5. The van der Waals surface area contributed by atoms with Crippen LogP contribution < -0.4 is 5.32 Å². The van der Waals surface area contributed by atoms with Crippen molar-refractivity contribution in [2.75, 3.05) is 5.32 Å². The maximum absolute atomic E-state index is 11.5. The molecule has 2 aromatic rings. The first-order chi connectivity index (χ1) is 8.69. The molecule has 0 aliphatic heterocycles. The maximum Gasteiger partial charge on any atom is 0.224 e. The summed E-state index contributed by atoms with van der Waals surface area (Å²) in [6.45, 7) is 3.95. The van der Waals surface area contributed by atoms with Crippen molar-refractivity contribution >= 4 is 11.6 Å². The molecule has 94 valence electrons. The maximum atomic E-state index is 11.5. The van der Waals surface area contributed by atoms with Crippen molar-refractivity contribution < 1.29 is 4.79 Å². The highest BCUT2D eigenvalue weighted by atomic mass is 16.1. The third-order valence-corrected chi connectivity index (χ3v) is 2.63. The molecule has 4 heteroatoms. The molecule has 0 saturated heterocycles. The Balaban J connectivity index is 2.17. The van der Waals surface area contributed by atoms with Crippen molar-refractivity contribution in [3.05, 3.63) is 36.0 Å². The molecule has 4 nitrogen and oxygen atoms in total. The predicted molar refractivity (Wildman–Crippen MR) is 72.3 cm³/mol. The van der Waals surface area contributed by atoms with E-state index in [1.54, 1.807) is 0 Å². The van der Waals surface area contributed by atoms with E-state index in [0.29, 0.717) is 6.42 Å². The molecular weight excluding hydrogens is 226 g/mol. The molecule has 1 aromatic heterocycles. The molecule has 1 heterocycles. The number of benzene rings is 1. The van der Waals surface area contributed by atoms with Gasteiger partial charge in [-0.25, -0.2) is 0 Å². The van der Waals surface area contributed by atoms with E-state index in [4.69, 9.17) is 0 Å². The zero-order chi connectivity index (χ0) is 13.0. The Bertz CT molecular complexity index is 545. The minimum absolute atomic E-state index is 0.0489. The molecule has 0 spiro atoms. The van der Waals surface area contributed by atoms with Crippen molar-refractivity contribution in [1.82, 2.24) is 10.2 Å². The van der Waals surface area contributed by atoms with E-state index in [9.17, 15) is 4.79 Å². The number of aryl methyl sites for hydroxylation is 1. The minimum atomic E-state index is 0.0489. The molecule has 0 atom stereocenters. The van der Waals surface area contributed by atoms with Gasteiger partial charge in [0, 0.05) is 23.4 Å². The van der Waals surface area contributed by atoms with Crippen molar-refractivity contribution in [3.63, 3.8) is 0 Å². The van der Waals surface area contributed by atoms with E-state index < -0.39 is 0 Å². The second-order valence-corrected chi connectivity index (χ2v) is 4.32. The number of carbonyl (C=O) groups excluding carboxylic acids is 1. The first-order valence-corrected chi connectivity index (χ1v) is 6.11. The smallest absolute Gasteiger partial charge is 0.224 e. The molecule has 0 aliphatic rings. The van der Waals surface area contributed by atoms with Gasteiger partial charge < -0.3 is 5.32 Å². The lowest BCUT2D eigenvalue weighted by molar-refractivity contribution is -0.116. The van der Waals surface area contributed by atoms with Crippen molar-refractivity contribution in [2.45, 2.75) is 26.7 Å². The van der Waals surface area contributed by atoms with E-state index in [2.05, 4.69) is 15.5 Å². The van der Waals surface area contributed by atoms with Gasteiger partial charge >= 0.3 is 0 Å². The van der Waals surface area contributed by atoms with Gasteiger partial charge in [-0.15, -0.1) is 0 Å². The molecule has 1 aromatic carbocycles. The summed E-state index contributed by atoms with van der Waals surface area (Å²) in [6, 6.07) is 9.69. The molecule has 0 fully saturated rings. The number of nitrogens with zero attached hydrogens (tertiary/aromatic N) is 1. The van der Waals surface area contributed by atoms with Crippen molar-refractivity contribution in [2.24, 2.45) is 0 Å². The van der Waals surface area contributed by atoms with Crippen LogP contribution in [0.25, 0.3) is 11.3 Å². The zero-order valence-electron chi connectivity index (χ0n) is 10.7. The third-order valence-electron chi connectivity index (χ3n) is 2.63. The number of hydrogen-bond acceptors (Lipinski definition) is 2. The van der Waals surface area contributed by atoms with Gasteiger partial charge in [-0.1, -0.05) is 19.1 Å². The molecular formula is C14H17N3O. The SMILES string of the molecule is CCCC(=O)Nc1cccc(-c2cc(C)[nH]n2)c1. The Morgan fingerprint density at radius 2 is 2.22 bits per heavy atom. The predicted octanol–water partition coefficient (Wildman–Crippen LogP) is 3.12. The Morgan fingerprint density at radius 1 is 1.39 bits per heavy atom. The van der Waals surface area contributed by atoms with Crippen LogP contribution in [0.5, 0.6) is 0 Å². The fraction of sp³-hybridized carbons (Fsp3) is 0.286. The average molecular weight is 243 g/mol. The van der Waals surface area contributed by atoms with Gasteiger partial charge in [0.05, 0.1) is 5.69 Å². The molecule has 2 N–H and O–H groups in total. The van der Waals surface area contributed by atoms with Gasteiger partial charge in [-0.05, 0) is 31.5 Å². The number of anilines is 1. The number of carbonyl (C=O) groups is 1. The van der Waals surface area contributed by atoms with E-state index in [1.165, 1.54) is 0 Å². The number of hydrogen-bond donors (Lipinski definition) is 2. The molecule has 18 heavy (non-hydrogen) atoms. The average Bonchev–Trinajstić information content (AvgIpc) is 2.76. The summed E-state index contributed by atoms with van der Waals surface area (Å²) in [7, 11) is 0. The molecule has 0 unspecified atom stereocenters. The third kappa shape index (κ3) is 2.97. The van der Waals surface area contributed by atoms with E-state index in [0.717, 1.165) is 29.1 Å². The van der Waals surface area contributed by atoms with Gasteiger partial charge in [0.15, 0.2) is 0 Å². The summed E-state index contributed by atoms with van der Waals surface area (Å²) in [5.74, 6) is 0.0489. The number of amides is 1. The standard InChI is InChI=1S/C14H17N3O/c1-3-5-14(18)15-12-7-4-6-11(9-12)13-8-10(2)16-17-13/h4,6-9H,3,5H2,1-2H3,(H,15,18)(H,16,17). The fourth-order valence-corrected chi connectivity index (χ4v) is 1.77. The quantitative estimate of drug-likeness (QED) is 0.866. The molecule has 0 bridgehead atoms. The highest BCUT2D eigenvalue weighted by Gasteiger charge is 2.04. The normalized spacial score (nSPS) is 10.3. The lowest BCUT2D eigenvalue weighted by atomic mass is 10.1. The summed E-state index contributed by atoms with van der Waals surface area (Å²) >= 11 is 0. The van der Waals surface area contributed by atoms with Crippen LogP contribution >= 0.6 is 0 Å². The van der Waals surface area contributed by atoms with Crippen LogP contribution in [-0.4, -0.2) is 16.1 Å². The van der Waals surface area contributed by atoms with Gasteiger partial charge in [-0.2, -0.15) is 5.10 Å². The van der Waals surface area contributed by atoms with Crippen LogP contribution in [-0.2, 0) is 4.79 Å². The van der Waals surface area contributed by atoms with E-state index >= 15 is 0 Å². The van der Waals surface area contributed by atoms with Gasteiger partial charge in [-0.3, -0.25) is 9.89 Å². The number of aromatic amines is 1. The van der Waals surface area contributed by atoms with Crippen molar-refractivity contribution in [3.8, 4) is 11.3 Å². The van der Waals surface area contributed by atoms with E-state index in [-0.39, 0.29) is 5.91 Å². The molecule has 0 radical (unpaired) electrons. The lowest BCUT2D eigenvalue weighted by Gasteiger charge is -2.05. The van der Waals surface area contributed by atoms with Gasteiger partial charge in [0.25, 0.3) is 0 Å². The highest BCUT2D eigenvalue weighted by molar-refractivity contribution is 5.91. The van der Waals surface area contributed by atoms with Crippen LogP contribution in [0.2, 0.25) is 0 Å². The molecule has 2 rings (SSSR count). The Labute approximate surface area is 106 Å². The monoisotopic (exact) mass is 243 g/mol. The summed E-state index contributed by atoms with van der Waals surface area (Å²) in [5.41, 5.74) is 3.71. The van der Waals surface area contributed by atoms with Crippen LogP contribution in [0, 0.1) is 6.92 Å². The summed E-state index contributed by atoms with van der Waals surface area (Å²) in [6.07, 6.45) is 1.40. The van der Waals surface area contributed by atoms with E-state index in [1.807, 2.05) is 44.2 Å². The van der Waals surface area contributed by atoms with Crippen LogP contribution in [0.4, 0.5) is 5.69 Å². The number of rotatable bonds is 4. The number of H-pyrrole nitrogens is 1. The first kappa shape index (κ1) is 12.4. The van der Waals surface area contributed by atoms with Crippen LogP contribution in [0.15, 0.2) is 30.3 Å². The fourth-order valence-electron chi connectivity index (χ4n) is 1.77. The second-order valence-electron chi connectivity index (χ2n) is 4.32. The van der Waals surface area contributed by atoms with Crippen molar-refractivity contribution in [1.29, 1.82) is 0 Å². The first-order valence-electron chi connectivity index (χ1n) is 6.11. The van der Waals surface area contributed by atoms with Crippen LogP contribution in [0.3, 0.4) is 0 Å². The summed E-state index contributed by atoms with van der Waals surface area (Å²) < 4.78 is 0. The van der Waals surface area contributed by atoms with Gasteiger partial charge in [0.2, 0.25) is 5.91 Å². The number of nitrogens with one attached hydrogen (secondary N) is 2. The Kier molecular flexibility index (Phi) is 3.77. The topological polar surface area (TPSA) is 57.8 Å². The highest BCUT2D eigenvalue weighted by Crippen LogP contribution is 2.21. The lowest BCUT2D eigenvalue weighted by Crippen LogP contribution is -2.10.